The van der Waals surface area contributed by atoms with Crippen molar-refractivity contribution in [2.45, 2.75) is 33.9 Å². The number of benzene rings is 1. The number of aliphatic hydroxyl groups excluding tert-OH is 1. The molecule has 3 rings (SSSR count). The standard InChI is InChI=1S/C17H30N10O5S3/c18-5-6-21-35(31,32)12-3-7-27(8-4-12)13-1-2-14(33-24-11(9-19)10-28)16(34(20,29)30)15(13)17-22-25-26-23-17/h1-2,11-12,21,24,28H,3-10,18-19H2,(H2,20,29,30)(H,22,23,25,26)/t11-/m0/s1. The van der Waals surface area contributed by atoms with Gasteiger partial charge < -0.3 is 21.5 Å². The SMILES string of the molecule is NCCNS(=O)(=O)C1CCN(c2ccc(SN[C@@H](CN)CO)c(S(N)(=O)=O)c2-c2nn[nH]n2)CC1. The van der Waals surface area contributed by atoms with E-state index in [0.29, 0.717) is 31.6 Å². The summed E-state index contributed by atoms with van der Waals surface area (Å²) in [6, 6.07) is 2.80. The fraction of sp³-hybridized carbons (Fsp3) is 0.588. The molecule has 10 N–H and O–H groups in total. The number of nitrogens with one attached hydrogen (secondary N) is 3. The average molecular weight is 551 g/mol. The first-order chi connectivity index (χ1) is 16.6. The summed E-state index contributed by atoms with van der Waals surface area (Å²) in [5.41, 5.74) is 11.6. The molecule has 1 atom stereocenters. The Hall–Kier alpha value is -1.90. The number of aromatic nitrogens is 4. The lowest BCUT2D eigenvalue weighted by Crippen LogP contribution is -2.44. The zero-order valence-electron chi connectivity index (χ0n) is 18.8. The fourth-order valence-electron chi connectivity index (χ4n) is 3.70. The van der Waals surface area contributed by atoms with Gasteiger partial charge in [0.15, 0.2) is 0 Å². The second-order valence-electron chi connectivity index (χ2n) is 7.82. The minimum Gasteiger partial charge on any atom is -0.395 e. The Morgan fingerprint density at radius 2 is 1.94 bits per heavy atom. The highest BCUT2D eigenvalue weighted by molar-refractivity contribution is 7.98. The van der Waals surface area contributed by atoms with Crippen molar-refractivity contribution in [2.24, 2.45) is 16.6 Å². The van der Waals surface area contributed by atoms with Crippen LogP contribution in [0.3, 0.4) is 0 Å². The number of hydrogen-bond acceptors (Lipinski definition) is 13. The van der Waals surface area contributed by atoms with Crippen molar-refractivity contribution in [3.05, 3.63) is 12.1 Å². The van der Waals surface area contributed by atoms with Crippen LogP contribution in [0.1, 0.15) is 12.8 Å². The maximum absolute atomic E-state index is 12.7. The predicted octanol–water partition coefficient (Wildman–Crippen LogP) is -2.72. The summed E-state index contributed by atoms with van der Waals surface area (Å²) in [7, 11) is -7.80. The van der Waals surface area contributed by atoms with Crippen molar-refractivity contribution in [1.29, 1.82) is 0 Å². The Kier molecular flexibility index (Phi) is 9.40. The van der Waals surface area contributed by atoms with Gasteiger partial charge in [-0.05, 0) is 42.1 Å². The Labute approximate surface area is 207 Å². The molecule has 1 saturated heterocycles. The molecule has 1 aromatic carbocycles. The Bertz CT molecular complexity index is 1180. The number of rotatable bonds is 12. The molecule has 35 heavy (non-hydrogen) atoms. The Balaban J connectivity index is 1.99. The highest BCUT2D eigenvalue weighted by atomic mass is 32.2. The number of tetrazole rings is 1. The molecule has 2 heterocycles. The van der Waals surface area contributed by atoms with E-state index in [1.54, 1.807) is 12.1 Å². The molecule has 18 heteroatoms. The van der Waals surface area contributed by atoms with Crippen LogP contribution in [-0.2, 0) is 20.0 Å². The second-order valence-corrected chi connectivity index (χ2v) is 12.2. The second kappa shape index (κ2) is 11.9. The van der Waals surface area contributed by atoms with Crippen LogP contribution in [0.2, 0.25) is 0 Å². The summed E-state index contributed by atoms with van der Waals surface area (Å²) < 4.78 is 55.9. The Morgan fingerprint density at radius 1 is 1.23 bits per heavy atom. The molecule has 1 aliphatic rings. The summed E-state index contributed by atoms with van der Waals surface area (Å²) in [6.45, 7) is 0.925. The van der Waals surface area contributed by atoms with E-state index >= 15 is 0 Å². The van der Waals surface area contributed by atoms with E-state index < -0.39 is 31.3 Å². The van der Waals surface area contributed by atoms with E-state index in [4.69, 9.17) is 16.6 Å². The molecule has 0 unspecified atom stereocenters. The number of primary sulfonamides is 1. The van der Waals surface area contributed by atoms with Crippen LogP contribution in [0, 0.1) is 0 Å². The quantitative estimate of drug-likeness (QED) is 0.133. The summed E-state index contributed by atoms with van der Waals surface area (Å²) in [5.74, 6) is 0.0170. The fourth-order valence-corrected chi connectivity index (χ4v) is 7.26. The number of H-pyrrole nitrogens is 1. The molecule has 0 saturated carbocycles. The van der Waals surface area contributed by atoms with E-state index in [2.05, 4.69) is 30.1 Å². The summed E-state index contributed by atoms with van der Waals surface area (Å²) >= 11 is 0.958. The minimum atomic E-state index is -4.28. The summed E-state index contributed by atoms with van der Waals surface area (Å²) in [4.78, 5) is 1.90. The van der Waals surface area contributed by atoms with Gasteiger partial charge in [-0.25, -0.2) is 26.7 Å². The molecule has 1 aromatic heterocycles. The molecule has 2 aromatic rings. The lowest BCUT2D eigenvalue weighted by atomic mass is 10.1. The lowest BCUT2D eigenvalue weighted by Gasteiger charge is -2.34. The van der Waals surface area contributed by atoms with Crippen molar-refractivity contribution < 1.29 is 21.9 Å². The molecule has 0 spiro atoms. The molecule has 0 amide bonds. The number of piperidine rings is 1. The first-order valence-electron chi connectivity index (χ1n) is 10.7. The van der Waals surface area contributed by atoms with Crippen molar-refractivity contribution in [3.63, 3.8) is 0 Å². The maximum atomic E-state index is 12.7. The van der Waals surface area contributed by atoms with Crippen LogP contribution < -0.4 is 31.0 Å². The normalized spacial score (nSPS) is 16.5. The zero-order chi connectivity index (χ0) is 25.6. The van der Waals surface area contributed by atoms with Crippen LogP contribution in [0.4, 0.5) is 5.69 Å². The molecule has 0 bridgehead atoms. The summed E-state index contributed by atoms with van der Waals surface area (Å²) in [6.07, 6.45) is 0.645. The van der Waals surface area contributed by atoms with E-state index in [0.717, 1.165) is 11.9 Å². The van der Waals surface area contributed by atoms with E-state index in [1.807, 2.05) is 4.90 Å². The van der Waals surface area contributed by atoms with Gasteiger partial charge in [0, 0.05) is 43.3 Å². The predicted molar refractivity (Wildman–Crippen MR) is 131 cm³/mol. The lowest BCUT2D eigenvalue weighted by molar-refractivity contribution is 0.262. The number of nitrogens with zero attached hydrogens (tertiary/aromatic N) is 4. The van der Waals surface area contributed by atoms with Crippen LogP contribution in [-0.4, -0.2) is 93.2 Å². The van der Waals surface area contributed by atoms with Crippen molar-refractivity contribution in [3.8, 4) is 11.4 Å². The number of aliphatic hydroxyl groups is 1. The van der Waals surface area contributed by atoms with Gasteiger partial charge in [0.1, 0.15) is 4.90 Å². The number of anilines is 1. The number of hydrogen-bond donors (Lipinski definition) is 7. The van der Waals surface area contributed by atoms with Crippen LogP contribution in [0.5, 0.6) is 0 Å². The van der Waals surface area contributed by atoms with Gasteiger partial charge in [0.2, 0.25) is 25.9 Å². The van der Waals surface area contributed by atoms with Gasteiger partial charge in [-0.3, -0.25) is 4.72 Å². The van der Waals surface area contributed by atoms with Gasteiger partial charge >= 0.3 is 0 Å². The molecule has 0 radical (unpaired) electrons. The van der Waals surface area contributed by atoms with Gasteiger partial charge in [0.05, 0.1) is 23.5 Å². The molecule has 15 nitrogen and oxygen atoms in total. The maximum Gasteiger partial charge on any atom is 0.240 e. The van der Waals surface area contributed by atoms with Crippen LogP contribution in [0.15, 0.2) is 21.9 Å². The third-order valence-corrected chi connectivity index (χ3v) is 9.55. The highest BCUT2D eigenvalue weighted by Gasteiger charge is 2.33. The largest absolute Gasteiger partial charge is 0.395 e. The average Bonchev–Trinajstić information content (AvgIpc) is 3.37. The minimum absolute atomic E-state index is 0.0170. The smallest absolute Gasteiger partial charge is 0.240 e. The van der Waals surface area contributed by atoms with E-state index in [1.165, 1.54) is 0 Å². The molecule has 0 aliphatic carbocycles. The molecule has 1 aliphatic heterocycles. The van der Waals surface area contributed by atoms with Crippen molar-refractivity contribution in [2.75, 3.05) is 44.2 Å². The monoisotopic (exact) mass is 550 g/mol. The third-order valence-electron chi connectivity index (χ3n) is 5.46. The zero-order valence-corrected chi connectivity index (χ0v) is 21.2. The third kappa shape index (κ3) is 6.66. The van der Waals surface area contributed by atoms with E-state index in [9.17, 15) is 21.9 Å². The molecule has 1 fully saturated rings. The molecular weight excluding hydrogens is 520 g/mol. The molecule has 196 valence electrons. The van der Waals surface area contributed by atoms with Gasteiger partial charge in [-0.15, -0.1) is 10.2 Å². The van der Waals surface area contributed by atoms with Gasteiger partial charge in [-0.1, -0.05) is 0 Å². The van der Waals surface area contributed by atoms with Crippen LogP contribution >= 0.6 is 11.9 Å². The van der Waals surface area contributed by atoms with E-state index in [-0.39, 0.29) is 47.4 Å². The van der Waals surface area contributed by atoms with Crippen LogP contribution in [0.25, 0.3) is 11.4 Å². The number of sulfonamides is 2. The van der Waals surface area contributed by atoms with Crippen molar-refractivity contribution in [1.82, 2.24) is 30.1 Å². The van der Waals surface area contributed by atoms with Crippen molar-refractivity contribution >= 4 is 37.7 Å². The first kappa shape index (κ1) is 27.7. The molecular formula is C17H30N10O5S3. The van der Waals surface area contributed by atoms with Gasteiger partial charge in [-0.2, -0.15) is 5.21 Å². The highest BCUT2D eigenvalue weighted by Crippen LogP contribution is 2.40. The summed E-state index contributed by atoms with van der Waals surface area (Å²) in [5, 5.41) is 28.2. The number of nitrogens with two attached hydrogens (primary N) is 3. The topological polar surface area (TPSA) is 248 Å². The van der Waals surface area contributed by atoms with Gasteiger partial charge in [0.25, 0.3) is 0 Å². The number of aromatic amines is 1. The Morgan fingerprint density at radius 3 is 2.49 bits per heavy atom. The first-order valence-corrected chi connectivity index (χ1v) is 14.6.